The van der Waals surface area contributed by atoms with Crippen LogP contribution in [0, 0.1) is 0 Å². The Morgan fingerprint density at radius 2 is 1.40 bits per heavy atom. The topological polar surface area (TPSA) is 108 Å². The minimum Gasteiger partial charge on any atom is -0.467 e. The number of ether oxygens (including phenoxy) is 3. The largest absolute Gasteiger partial charge is 0.467 e. The summed E-state index contributed by atoms with van der Waals surface area (Å²) in [6.07, 6.45) is 0. The van der Waals surface area contributed by atoms with Crippen molar-refractivity contribution in [3.8, 4) is 0 Å². The van der Waals surface area contributed by atoms with Crippen molar-refractivity contribution < 1.29 is 33.4 Å². The molecule has 0 saturated heterocycles. The fraction of sp³-hybridized carbons (Fsp3) is 0.273. The smallest absolute Gasteiger partial charge is 0.345 e. The van der Waals surface area contributed by atoms with Gasteiger partial charge in [-0.3, -0.25) is 9.59 Å². The van der Waals surface area contributed by atoms with E-state index in [0.29, 0.717) is 0 Å². The molecule has 2 aromatic rings. The third-order valence-electron chi connectivity index (χ3n) is 5.16. The van der Waals surface area contributed by atoms with Gasteiger partial charge in [-0.1, -0.05) is 48.5 Å². The molecule has 2 aromatic carbocycles. The average Bonchev–Trinajstić information content (AvgIpc) is 3.11. The molecule has 156 valence electrons. The number of rotatable bonds is 6. The highest BCUT2D eigenvalue weighted by Gasteiger charge is 2.77. The van der Waals surface area contributed by atoms with E-state index in [1.165, 1.54) is 18.2 Å². The normalized spacial score (nSPS) is 18.5. The number of fused-ring (bicyclic) bond motifs is 1. The highest BCUT2D eigenvalue weighted by molar-refractivity contribution is 6.30. The summed E-state index contributed by atoms with van der Waals surface area (Å²) in [5.74, 6) is -4.16. The molecule has 8 heteroatoms. The quantitative estimate of drug-likeness (QED) is 0.332. The van der Waals surface area contributed by atoms with Crippen molar-refractivity contribution in [2.45, 2.75) is 17.9 Å². The summed E-state index contributed by atoms with van der Waals surface area (Å²) in [5.41, 5.74) is -4.44. The summed E-state index contributed by atoms with van der Waals surface area (Å²) in [5, 5.41) is 2.76. The lowest BCUT2D eigenvalue weighted by Gasteiger charge is -2.38. The Balaban J connectivity index is 2.47. The Morgan fingerprint density at radius 1 is 0.833 bits per heavy atom. The van der Waals surface area contributed by atoms with Gasteiger partial charge in [0.2, 0.25) is 5.41 Å². The van der Waals surface area contributed by atoms with Crippen LogP contribution in [0.4, 0.5) is 5.69 Å². The molecule has 0 radical (unpaired) electrons. The van der Waals surface area contributed by atoms with Gasteiger partial charge in [-0.15, -0.1) is 0 Å². The molecule has 0 fully saturated rings. The molecule has 1 atom stereocenters. The van der Waals surface area contributed by atoms with Crippen molar-refractivity contribution in [1.29, 1.82) is 0 Å². The standard InChI is InChI=1S/C22H21NO7/c1-4-30-18(25)21(17(24)14-10-6-5-7-11-14)15-12-8-9-13-16(15)23-22(21,19(26)28-2)20(27)29-3/h5-13,23H,4H2,1-3H3. The third-order valence-corrected chi connectivity index (χ3v) is 5.16. The minimum atomic E-state index is -2.51. The molecule has 0 amide bonds. The maximum absolute atomic E-state index is 13.9. The van der Waals surface area contributed by atoms with E-state index in [-0.39, 0.29) is 23.4 Å². The first-order valence-electron chi connectivity index (χ1n) is 9.23. The molecule has 8 nitrogen and oxygen atoms in total. The van der Waals surface area contributed by atoms with Crippen molar-refractivity contribution in [3.63, 3.8) is 0 Å². The number of para-hydroxylation sites is 1. The summed E-state index contributed by atoms with van der Waals surface area (Å²) in [7, 11) is 2.11. The van der Waals surface area contributed by atoms with Gasteiger partial charge in [-0.25, -0.2) is 9.59 Å². The zero-order valence-corrected chi connectivity index (χ0v) is 16.8. The van der Waals surface area contributed by atoms with Crippen LogP contribution in [0.25, 0.3) is 0 Å². The first kappa shape index (κ1) is 21.0. The minimum absolute atomic E-state index is 0.0801. The number of carbonyl (C=O) groups is 4. The zero-order valence-electron chi connectivity index (χ0n) is 16.8. The molecular weight excluding hydrogens is 390 g/mol. The van der Waals surface area contributed by atoms with Gasteiger partial charge >= 0.3 is 17.9 Å². The number of methoxy groups -OCH3 is 2. The van der Waals surface area contributed by atoms with E-state index >= 15 is 0 Å². The predicted molar refractivity (Wildman–Crippen MR) is 106 cm³/mol. The second kappa shape index (κ2) is 7.98. The lowest BCUT2D eigenvalue weighted by atomic mass is 9.63. The molecule has 0 bridgehead atoms. The molecule has 1 N–H and O–H groups in total. The van der Waals surface area contributed by atoms with Crippen molar-refractivity contribution in [2.75, 3.05) is 26.1 Å². The van der Waals surface area contributed by atoms with E-state index in [1.807, 2.05) is 0 Å². The van der Waals surface area contributed by atoms with Crippen LogP contribution < -0.4 is 5.32 Å². The molecule has 3 rings (SSSR count). The van der Waals surface area contributed by atoms with Crippen LogP contribution >= 0.6 is 0 Å². The highest BCUT2D eigenvalue weighted by atomic mass is 16.6. The van der Waals surface area contributed by atoms with Crippen LogP contribution in [0.1, 0.15) is 22.8 Å². The molecular formula is C22H21NO7. The van der Waals surface area contributed by atoms with Crippen LogP contribution in [0.2, 0.25) is 0 Å². The van der Waals surface area contributed by atoms with Gasteiger partial charge in [0.25, 0.3) is 5.54 Å². The summed E-state index contributed by atoms with van der Waals surface area (Å²) in [4.78, 5) is 53.7. The summed E-state index contributed by atoms with van der Waals surface area (Å²) in [6, 6.07) is 14.2. The SMILES string of the molecule is CCOC(=O)C1(C(=O)c2ccccc2)c2ccccc2NC1(C(=O)OC)C(=O)OC. The number of Topliss-reactive ketones (excluding diaryl/α,β-unsaturated/α-hetero) is 1. The number of carbonyl (C=O) groups excluding carboxylic acids is 4. The fourth-order valence-electron chi connectivity index (χ4n) is 3.91. The summed E-state index contributed by atoms with van der Waals surface area (Å²) >= 11 is 0. The Hall–Kier alpha value is -3.68. The van der Waals surface area contributed by atoms with Gasteiger partial charge in [0.1, 0.15) is 0 Å². The van der Waals surface area contributed by atoms with Gasteiger partial charge in [0.05, 0.1) is 20.8 Å². The number of ketones is 1. The summed E-state index contributed by atoms with van der Waals surface area (Å²) in [6.45, 7) is 1.48. The molecule has 1 aliphatic rings. The Bertz CT molecular complexity index is 986. The molecule has 0 spiro atoms. The second-order valence-corrected chi connectivity index (χ2v) is 6.57. The number of esters is 3. The monoisotopic (exact) mass is 411 g/mol. The van der Waals surface area contributed by atoms with Crippen LogP contribution in [-0.2, 0) is 34.0 Å². The molecule has 0 aromatic heterocycles. The lowest BCUT2D eigenvalue weighted by Crippen LogP contribution is -2.70. The van der Waals surface area contributed by atoms with Gasteiger partial charge in [0, 0.05) is 16.8 Å². The molecule has 0 saturated carbocycles. The van der Waals surface area contributed by atoms with Gasteiger partial charge < -0.3 is 19.5 Å². The third kappa shape index (κ3) is 2.67. The number of benzene rings is 2. The second-order valence-electron chi connectivity index (χ2n) is 6.57. The van der Waals surface area contributed by atoms with Gasteiger partial charge in [-0.2, -0.15) is 0 Å². The molecule has 0 aliphatic carbocycles. The van der Waals surface area contributed by atoms with Crippen LogP contribution in [0.3, 0.4) is 0 Å². The van der Waals surface area contributed by atoms with E-state index in [1.54, 1.807) is 43.3 Å². The number of hydrogen-bond donors (Lipinski definition) is 1. The molecule has 1 heterocycles. The number of hydrogen-bond acceptors (Lipinski definition) is 8. The van der Waals surface area contributed by atoms with Crippen LogP contribution in [0.15, 0.2) is 54.6 Å². The van der Waals surface area contributed by atoms with E-state index < -0.39 is 34.6 Å². The fourth-order valence-corrected chi connectivity index (χ4v) is 3.91. The molecule has 1 aliphatic heterocycles. The van der Waals surface area contributed by atoms with Crippen LogP contribution in [0.5, 0.6) is 0 Å². The van der Waals surface area contributed by atoms with E-state index in [0.717, 1.165) is 14.2 Å². The van der Waals surface area contributed by atoms with Crippen molar-refractivity contribution in [1.82, 2.24) is 0 Å². The maximum atomic E-state index is 13.9. The van der Waals surface area contributed by atoms with Gasteiger partial charge in [0.15, 0.2) is 5.78 Å². The first-order chi connectivity index (χ1) is 14.4. The predicted octanol–water partition coefficient (Wildman–Crippen LogP) is 1.88. The number of anilines is 1. The zero-order chi connectivity index (χ0) is 21.9. The Kier molecular flexibility index (Phi) is 5.60. The van der Waals surface area contributed by atoms with Crippen molar-refractivity contribution in [2.24, 2.45) is 0 Å². The lowest BCUT2D eigenvalue weighted by molar-refractivity contribution is -0.169. The molecule has 30 heavy (non-hydrogen) atoms. The first-order valence-corrected chi connectivity index (χ1v) is 9.23. The van der Waals surface area contributed by atoms with E-state index in [9.17, 15) is 19.2 Å². The average molecular weight is 411 g/mol. The Labute approximate surface area is 173 Å². The molecule has 1 unspecified atom stereocenters. The van der Waals surface area contributed by atoms with E-state index in [2.05, 4.69) is 5.32 Å². The summed E-state index contributed by atoms with van der Waals surface area (Å²) < 4.78 is 15.1. The van der Waals surface area contributed by atoms with Crippen LogP contribution in [-0.4, -0.2) is 50.1 Å². The Morgan fingerprint density at radius 3 is 1.97 bits per heavy atom. The number of nitrogens with one attached hydrogen (secondary N) is 1. The van der Waals surface area contributed by atoms with Crippen molar-refractivity contribution >= 4 is 29.4 Å². The highest BCUT2D eigenvalue weighted by Crippen LogP contribution is 2.51. The van der Waals surface area contributed by atoms with E-state index in [4.69, 9.17) is 14.2 Å². The van der Waals surface area contributed by atoms with Crippen molar-refractivity contribution in [3.05, 3.63) is 65.7 Å². The van der Waals surface area contributed by atoms with Gasteiger partial charge in [-0.05, 0) is 13.0 Å². The maximum Gasteiger partial charge on any atom is 0.345 e.